The molecule has 6 heteroatoms. The third-order valence-electron chi connectivity index (χ3n) is 2.71. The SMILES string of the molecule is CNCc1c(Sc2ccccc2F)nc2sccn12. The van der Waals surface area contributed by atoms with Gasteiger partial charge in [-0.3, -0.25) is 4.40 Å². The molecule has 0 fully saturated rings. The van der Waals surface area contributed by atoms with Gasteiger partial charge in [-0.05, 0) is 19.2 Å². The van der Waals surface area contributed by atoms with Crippen LogP contribution >= 0.6 is 23.1 Å². The summed E-state index contributed by atoms with van der Waals surface area (Å²) in [5, 5.41) is 5.98. The molecule has 0 aliphatic carbocycles. The zero-order valence-corrected chi connectivity index (χ0v) is 11.9. The Labute approximate surface area is 118 Å². The highest BCUT2D eigenvalue weighted by atomic mass is 32.2. The molecular formula is C13H12FN3S2. The van der Waals surface area contributed by atoms with E-state index in [-0.39, 0.29) is 5.82 Å². The Hall–Kier alpha value is -1.37. The minimum absolute atomic E-state index is 0.209. The summed E-state index contributed by atoms with van der Waals surface area (Å²) in [6.45, 7) is 0.703. The Morgan fingerprint density at radius 2 is 2.26 bits per heavy atom. The van der Waals surface area contributed by atoms with Crippen molar-refractivity contribution in [1.82, 2.24) is 14.7 Å². The maximum absolute atomic E-state index is 13.7. The second kappa shape index (κ2) is 5.32. The maximum atomic E-state index is 13.7. The topological polar surface area (TPSA) is 29.3 Å². The summed E-state index contributed by atoms with van der Waals surface area (Å²) in [5.74, 6) is -0.209. The van der Waals surface area contributed by atoms with Gasteiger partial charge in [-0.25, -0.2) is 9.37 Å². The van der Waals surface area contributed by atoms with Crippen LogP contribution in [0.2, 0.25) is 0 Å². The van der Waals surface area contributed by atoms with Crippen LogP contribution in [0.25, 0.3) is 4.96 Å². The van der Waals surface area contributed by atoms with E-state index in [0.717, 1.165) is 15.7 Å². The number of rotatable bonds is 4. The Balaban J connectivity index is 2.02. The molecule has 0 spiro atoms. The second-order valence-electron chi connectivity index (χ2n) is 3.98. The summed E-state index contributed by atoms with van der Waals surface area (Å²) in [6.07, 6.45) is 1.99. The van der Waals surface area contributed by atoms with Crippen molar-refractivity contribution >= 4 is 28.1 Å². The lowest BCUT2D eigenvalue weighted by molar-refractivity contribution is 0.602. The first kappa shape index (κ1) is 12.7. The van der Waals surface area contributed by atoms with E-state index < -0.39 is 0 Å². The summed E-state index contributed by atoms with van der Waals surface area (Å²) < 4.78 is 15.8. The lowest BCUT2D eigenvalue weighted by Crippen LogP contribution is -2.08. The van der Waals surface area contributed by atoms with Gasteiger partial charge in [0.15, 0.2) is 4.96 Å². The third-order valence-corrected chi connectivity index (χ3v) is 4.54. The highest BCUT2D eigenvalue weighted by Crippen LogP contribution is 2.33. The van der Waals surface area contributed by atoms with E-state index in [4.69, 9.17) is 0 Å². The smallest absolute Gasteiger partial charge is 0.194 e. The molecule has 3 nitrogen and oxygen atoms in total. The van der Waals surface area contributed by atoms with Crippen LogP contribution in [0.3, 0.4) is 0 Å². The first-order valence-electron chi connectivity index (χ1n) is 5.81. The van der Waals surface area contributed by atoms with Crippen molar-refractivity contribution in [2.45, 2.75) is 16.5 Å². The molecule has 0 amide bonds. The van der Waals surface area contributed by atoms with Crippen LogP contribution in [0.15, 0.2) is 45.8 Å². The fourth-order valence-corrected chi connectivity index (χ4v) is 3.59. The fraction of sp³-hybridized carbons (Fsp3) is 0.154. The van der Waals surface area contributed by atoms with Crippen LogP contribution in [-0.2, 0) is 6.54 Å². The molecule has 2 heterocycles. The highest BCUT2D eigenvalue weighted by Gasteiger charge is 2.15. The quantitative estimate of drug-likeness (QED) is 0.799. The molecule has 0 saturated carbocycles. The molecule has 0 aliphatic heterocycles. The van der Waals surface area contributed by atoms with Crippen LogP contribution < -0.4 is 5.32 Å². The number of aromatic nitrogens is 2. The standard InChI is InChI=1S/C13H12FN3S2/c1-15-8-10-12(16-13-17(10)6-7-18-13)19-11-5-3-2-4-9(11)14/h2-7,15H,8H2,1H3. The number of hydrogen-bond acceptors (Lipinski definition) is 4. The minimum atomic E-state index is -0.209. The molecule has 2 aromatic heterocycles. The van der Waals surface area contributed by atoms with E-state index in [1.807, 2.05) is 29.1 Å². The number of nitrogens with zero attached hydrogens (tertiary/aromatic N) is 2. The van der Waals surface area contributed by atoms with Gasteiger partial charge < -0.3 is 5.32 Å². The summed E-state index contributed by atoms with van der Waals surface area (Å²) in [6, 6.07) is 6.77. The first-order valence-corrected chi connectivity index (χ1v) is 7.50. The number of imidazole rings is 1. The van der Waals surface area contributed by atoms with Crippen molar-refractivity contribution in [3.05, 3.63) is 47.4 Å². The molecule has 19 heavy (non-hydrogen) atoms. The molecule has 1 N–H and O–H groups in total. The zero-order chi connectivity index (χ0) is 13.2. The molecule has 0 saturated heterocycles. The van der Waals surface area contributed by atoms with Gasteiger partial charge in [0.25, 0.3) is 0 Å². The van der Waals surface area contributed by atoms with Gasteiger partial charge >= 0.3 is 0 Å². The number of benzene rings is 1. The number of nitrogens with one attached hydrogen (secondary N) is 1. The predicted molar refractivity (Wildman–Crippen MR) is 76.4 cm³/mol. The number of thiazole rings is 1. The molecular weight excluding hydrogens is 281 g/mol. The second-order valence-corrected chi connectivity index (χ2v) is 5.89. The van der Waals surface area contributed by atoms with Crippen molar-refractivity contribution in [3.8, 4) is 0 Å². The number of halogens is 1. The summed E-state index contributed by atoms with van der Waals surface area (Å²) in [7, 11) is 1.89. The summed E-state index contributed by atoms with van der Waals surface area (Å²) in [5.41, 5.74) is 1.06. The van der Waals surface area contributed by atoms with Gasteiger partial charge in [0.05, 0.1) is 5.69 Å². The molecule has 0 atom stereocenters. The normalized spacial score (nSPS) is 11.3. The van der Waals surface area contributed by atoms with E-state index in [1.54, 1.807) is 23.5 Å². The zero-order valence-electron chi connectivity index (χ0n) is 10.3. The van der Waals surface area contributed by atoms with Crippen LogP contribution in [-0.4, -0.2) is 16.4 Å². The van der Waals surface area contributed by atoms with Crippen molar-refractivity contribution in [2.24, 2.45) is 0 Å². The van der Waals surface area contributed by atoms with E-state index in [9.17, 15) is 4.39 Å². The van der Waals surface area contributed by atoms with Gasteiger partial charge in [-0.1, -0.05) is 23.9 Å². The van der Waals surface area contributed by atoms with Crippen LogP contribution in [0.1, 0.15) is 5.69 Å². The van der Waals surface area contributed by atoms with Crippen molar-refractivity contribution in [2.75, 3.05) is 7.05 Å². The summed E-state index contributed by atoms with van der Waals surface area (Å²) >= 11 is 2.95. The summed E-state index contributed by atoms with van der Waals surface area (Å²) in [4.78, 5) is 6.10. The van der Waals surface area contributed by atoms with Crippen molar-refractivity contribution < 1.29 is 4.39 Å². The Kier molecular flexibility index (Phi) is 3.54. The lowest BCUT2D eigenvalue weighted by atomic mass is 10.3. The molecule has 0 unspecified atom stereocenters. The predicted octanol–water partition coefficient (Wildman–Crippen LogP) is 3.41. The van der Waals surface area contributed by atoms with Crippen LogP contribution in [0.4, 0.5) is 4.39 Å². The van der Waals surface area contributed by atoms with Crippen molar-refractivity contribution in [1.29, 1.82) is 0 Å². The van der Waals surface area contributed by atoms with Gasteiger partial charge in [0.2, 0.25) is 0 Å². The lowest BCUT2D eigenvalue weighted by Gasteiger charge is -2.04. The molecule has 0 bridgehead atoms. The third kappa shape index (κ3) is 2.39. The van der Waals surface area contributed by atoms with E-state index in [0.29, 0.717) is 11.4 Å². The van der Waals surface area contributed by atoms with E-state index in [1.165, 1.54) is 17.8 Å². The molecule has 3 rings (SSSR count). The average molecular weight is 293 g/mol. The Morgan fingerprint density at radius 1 is 1.42 bits per heavy atom. The first-order chi connectivity index (χ1) is 9.29. The average Bonchev–Trinajstić information content (AvgIpc) is 2.96. The minimum Gasteiger partial charge on any atom is -0.314 e. The highest BCUT2D eigenvalue weighted by molar-refractivity contribution is 7.99. The monoisotopic (exact) mass is 293 g/mol. The Bertz CT molecular complexity index is 705. The van der Waals surface area contributed by atoms with Gasteiger partial charge in [0.1, 0.15) is 10.8 Å². The Morgan fingerprint density at radius 3 is 3.05 bits per heavy atom. The van der Waals surface area contributed by atoms with Crippen LogP contribution in [0, 0.1) is 5.82 Å². The van der Waals surface area contributed by atoms with E-state index >= 15 is 0 Å². The van der Waals surface area contributed by atoms with E-state index in [2.05, 4.69) is 10.3 Å². The maximum Gasteiger partial charge on any atom is 0.194 e. The molecule has 0 radical (unpaired) electrons. The molecule has 3 aromatic rings. The van der Waals surface area contributed by atoms with Gasteiger partial charge in [-0.2, -0.15) is 0 Å². The van der Waals surface area contributed by atoms with Gasteiger partial charge in [-0.15, -0.1) is 11.3 Å². The molecule has 0 aliphatic rings. The number of fused-ring (bicyclic) bond motifs is 1. The fourth-order valence-electron chi connectivity index (χ4n) is 1.85. The molecule has 98 valence electrons. The number of hydrogen-bond donors (Lipinski definition) is 1. The van der Waals surface area contributed by atoms with Crippen LogP contribution in [0.5, 0.6) is 0 Å². The largest absolute Gasteiger partial charge is 0.314 e. The van der Waals surface area contributed by atoms with Gasteiger partial charge in [0, 0.05) is 23.0 Å². The molecule has 1 aromatic carbocycles. The van der Waals surface area contributed by atoms with Crippen molar-refractivity contribution in [3.63, 3.8) is 0 Å².